The minimum atomic E-state index is -0.662. The molecule has 1 unspecified atom stereocenters. The Hall–Kier alpha value is -2.61. The zero-order valence-corrected chi connectivity index (χ0v) is 12.1. The molecule has 0 fully saturated rings. The van der Waals surface area contributed by atoms with Gasteiger partial charge in [-0.25, -0.2) is 4.39 Å². The van der Waals surface area contributed by atoms with Crippen LogP contribution in [0.25, 0.3) is 12.2 Å². The zero-order valence-electron chi connectivity index (χ0n) is 12.1. The normalized spacial score (nSPS) is 12.7. The summed E-state index contributed by atoms with van der Waals surface area (Å²) in [7, 11) is 1.83. The summed E-state index contributed by atoms with van der Waals surface area (Å²) in [5.41, 5.74) is -0.0606. The van der Waals surface area contributed by atoms with E-state index in [1.54, 1.807) is 0 Å². The molecule has 2 aromatic rings. The van der Waals surface area contributed by atoms with Crippen molar-refractivity contribution in [1.29, 1.82) is 0 Å². The monoisotopic (exact) mass is 306 g/mol. The van der Waals surface area contributed by atoms with E-state index >= 15 is 0 Å². The fourth-order valence-corrected chi connectivity index (χ4v) is 1.77. The molecular formula is C14H15FN4O3. The van der Waals surface area contributed by atoms with Gasteiger partial charge in [0.25, 0.3) is 11.6 Å². The number of hydrogen-bond acceptors (Lipinski definition) is 6. The smallest absolute Gasteiger partial charge is 0.279 e. The van der Waals surface area contributed by atoms with Crippen LogP contribution in [0.5, 0.6) is 0 Å². The molecule has 0 aliphatic carbocycles. The van der Waals surface area contributed by atoms with E-state index in [1.165, 1.54) is 18.2 Å². The van der Waals surface area contributed by atoms with Crippen LogP contribution < -0.4 is 5.32 Å². The Labute approximate surface area is 126 Å². The van der Waals surface area contributed by atoms with E-state index in [-0.39, 0.29) is 23.2 Å². The first-order valence-corrected chi connectivity index (χ1v) is 6.61. The quantitative estimate of drug-likeness (QED) is 0.650. The third-order valence-corrected chi connectivity index (χ3v) is 3.06. The molecule has 0 radical (unpaired) electrons. The van der Waals surface area contributed by atoms with E-state index in [2.05, 4.69) is 15.5 Å². The second-order valence-electron chi connectivity index (χ2n) is 4.74. The van der Waals surface area contributed by atoms with E-state index < -0.39 is 10.7 Å². The van der Waals surface area contributed by atoms with Gasteiger partial charge in [-0.1, -0.05) is 5.16 Å². The summed E-state index contributed by atoms with van der Waals surface area (Å²) in [5.74, 6) is 0.108. The molecule has 0 saturated heterocycles. The number of benzene rings is 1. The fourth-order valence-electron chi connectivity index (χ4n) is 1.77. The van der Waals surface area contributed by atoms with E-state index in [4.69, 9.17) is 4.52 Å². The van der Waals surface area contributed by atoms with Crippen molar-refractivity contribution in [2.45, 2.75) is 19.4 Å². The molecular weight excluding hydrogens is 291 g/mol. The van der Waals surface area contributed by atoms with Crippen molar-refractivity contribution >= 4 is 17.8 Å². The van der Waals surface area contributed by atoms with Crippen LogP contribution in [0.2, 0.25) is 0 Å². The van der Waals surface area contributed by atoms with Gasteiger partial charge in [0, 0.05) is 18.5 Å². The van der Waals surface area contributed by atoms with E-state index in [9.17, 15) is 14.5 Å². The number of likely N-dealkylation sites (N-methyl/N-ethyl adjacent to an activating group) is 1. The SMILES string of the molecule is CNC(C)Cc1noc(/C=C/c2ccc(F)cc2[N+](=O)[O-])n1. The average Bonchev–Trinajstić information content (AvgIpc) is 2.93. The highest BCUT2D eigenvalue weighted by molar-refractivity contribution is 5.71. The largest absolute Gasteiger partial charge is 0.335 e. The van der Waals surface area contributed by atoms with Gasteiger partial charge in [0.2, 0.25) is 0 Å². The van der Waals surface area contributed by atoms with Gasteiger partial charge in [0.05, 0.1) is 16.6 Å². The Bertz CT molecular complexity index is 699. The van der Waals surface area contributed by atoms with Crippen molar-refractivity contribution in [1.82, 2.24) is 15.5 Å². The van der Waals surface area contributed by atoms with Crippen LogP contribution in [0.4, 0.5) is 10.1 Å². The molecule has 8 heteroatoms. The van der Waals surface area contributed by atoms with Gasteiger partial charge < -0.3 is 9.84 Å². The van der Waals surface area contributed by atoms with Crippen LogP contribution in [0, 0.1) is 15.9 Å². The average molecular weight is 306 g/mol. The van der Waals surface area contributed by atoms with Crippen LogP contribution in [0.1, 0.15) is 24.2 Å². The minimum Gasteiger partial charge on any atom is -0.335 e. The van der Waals surface area contributed by atoms with Crippen LogP contribution >= 0.6 is 0 Å². The zero-order chi connectivity index (χ0) is 16.1. The van der Waals surface area contributed by atoms with Crippen molar-refractivity contribution in [3.63, 3.8) is 0 Å². The van der Waals surface area contributed by atoms with Crippen LogP contribution in [-0.2, 0) is 6.42 Å². The molecule has 1 N–H and O–H groups in total. The maximum atomic E-state index is 13.1. The standard InChI is InChI=1S/C14H15FN4O3/c1-9(16-2)7-13-17-14(22-18-13)6-4-10-3-5-11(15)8-12(10)19(20)21/h3-6,8-9,16H,7H2,1-2H3/b6-4+. The Morgan fingerprint density at radius 3 is 2.95 bits per heavy atom. The molecule has 0 aliphatic heterocycles. The van der Waals surface area contributed by atoms with Crippen molar-refractivity contribution in [3.05, 3.63) is 51.4 Å². The summed E-state index contributed by atoms with van der Waals surface area (Å²) in [6.07, 6.45) is 3.50. The number of halogens is 1. The van der Waals surface area contributed by atoms with Crippen LogP contribution in [0.3, 0.4) is 0 Å². The van der Waals surface area contributed by atoms with Gasteiger partial charge >= 0.3 is 0 Å². The van der Waals surface area contributed by atoms with Gasteiger partial charge in [-0.05, 0) is 32.2 Å². The molecule has 1 heterocycles. The lowest BCUT2D eigenvalue weighted by molar-refractivity contribution is -0.385. The van der Waals surface area contributed by atoms with Crippen LogP contribution in [-0.4, -0.2) is 28.2 Å². The maximum Gasteiger partial charge on any atom is 0.279 e. The predicted molar refractivity (Wildman–Crippen MR) is 78.5 cm³/mol. The lowest BCUT2D eigenvalue weighted by atomic mass is 10.1. The third-order valence-electron chi connectivity index (χ3n) is 3.06. The first-order chi connectivity index (χ1) is 10.5. The highest BCUT2D eigenvalue weighted by Gasteiger charge is 2.13. The highest BCUT2D eigenvalue weighted by atomic mass is 19.1. The topological polar surface area (TPSA) is 94.1 Å². The molecule has 0 saturated carbocycles. The molecule has 1 atom stereocenters. The summed E-state index contributed by atoms with van der Waals surface area (Å²) in [5, 5.41) is 17.8. The second-order valence-corrected chi connectivity index (χ2v) is 4.74. The molecule has 1 aromatic heterocycles. The number of nitro benzene ring substituents is 1. The molecule has 0 spiro atoms. The number of nitrogens with zero attached hydrogens (tertiary/aromatic N) is 3. The predicted octanol–water partition coefficient (Wildman–Crippen LogP) is 2.44. The number of nitro groups is 1. The molecule has 116 valence electrons. The van der Waals surface area contributed by atoms with E-state index in [0.29, 0.717) is 12.2 Å². The van der Waals surface area contributed by atoms with E-state index in [1.807, 2.05) is 14.0 Å². The summed E-state index contributed by atoms with van der Waals surface area (Å²) in [6.45, 7) is 1.98. The Balaban J connectivity index is 2.17. The lowest BCUT2D eigenvalue weighted by Crippen LogP contribution is -2.24. The van der Waals surface area contributed by atoms with Crippen molar-refractivity contribution < 1.29 is 13.8 Å². The van der Waals surface area contributed by atoms with Crippen molar-refractivity contribution in [3.8, 4) is 0 Å². The molecule has 2 rings (SSSR count). The summed E-state index contributed by atoms with van der Waals surface area (Å²) in [4.78, 5) is 14.4. The molecule has 0 amide bonds. The van der Waals surface area contributed by atoms with Gasteiger partial charge in [0.1, 0.15) is 5.82 Å². The number of rotatable bonds is 6. The Kier molecular flexibility index (Phi) is 4.95. The second kappa shape index (κ2) is 6.90. The molecule has 0 aliphatic rings. The highest BCUT2D eigenvalue weighted by Crippen LogP contribution is 2.21. The third kappa shape index (κ3) is 3.95. The maximum absolute atomic E-state index is 13.1. The molecule has 1 aromatic carbocycles. The van der Waals surface area contributed by atoms with Gasteiger partial charge in [0.15, 0.2) is 5.82 Å². The first-order valence-electron chi connectivity index (χ1n) is 6.61. The fraction of sp³-hybridized carbons (Fsp3) is 0.286. The molecule has 22 heavy (non-hydrogen) atoms. The number of hydrogen-bond donors (Lipinski definition) is 1. The molecule has 0 bridgehead atoms. The van der Waals surface area contributed by atoms with Crippen LogP contribution in [0.15, 0.2) is 22.7 Å². The van der Waals surface area contributed by atoms with Crippen molar-refractivity contribution in [2.75, 3.05) is 7.05 Å². The van der Waals surface area contributed by atoms with E-state index in [0.717, 1.165) is 12.1 Å². The lowest BCUT2D eigenvalue weighted by Gasteiger charge is -2.04. The number of nitrogens with one attached hydrogen (secondary N) is 1. The summed E-state index contributed by atoms with van der Waals surface area (Å²) >= 11 is 0. The van der Waals surface area contributed by atoms with Gasteiger partial charge in [-0.15, -0.1) is 0 Å². The van der Waals surface area contributed by atoms with Crippen molar-refractivity contribution in [2.24, 2.45) is 0 Å². The summed E-state index contributed by atoms with van der Waals surface area (Å²) in [6, 6.07) is 3.55. The molecule has 7 nitrogen and oxygen atoms in total. The Morgan fingerprint density at radius 2 is 2.27 bits per heavy atom. The minimum absolute atomic E-state index is 0.201. The van der Waals surface area contributed by atoms with Gasteiger partial charge in [-0.2, -0.15) is 4.98 Å². The Morgan fingerprint density at radius 1 is 1.50 bits per heavy atom. The number of aromatic nitrogens is 2. The first kappa shape index (κ1) is 15.8. The summed E-state index contributed by atoms with van der Waals surface area (Å²) < 4.78 is 18.1. The van der Waals surface area contributed by atoms with Gasteiger partial charge in [-0.3, -0.25) is 10.1 Å².